The van der Waals surface area contributed by atoms with Crippen molar-refractivity contribution in [3.63, 3.8) is 0 Å². The van der Waals surface area contributed by atoms with Crippen LogP contribution in [0.4, 0.5) is 0 Å². The number of hydrogen-bond acceptors (Lipinski definition) is 4. The van der Waals surface area contributed by atoms with E-state index in [9.17, 15) is 0 Å². The molecule has 1 aromatic carbocycles. The van der Waals surface area contributed by atoms with Crippen LogP contribution in [0.15, 0.2) is 29.6 Å². The predicted molar refractivity (Wildman–Crippen MR) is 81.9 cm³/mol. The normalized spacial score (nSPS) is 17.4. The summed E-state index contributed by atoms with van der Waals surface area (Å²) in [5.74, 6) is 1.84. The van der Waals surface area contributed by atoms with E-state index in [0.717, 1.165) is 28.5 Å². The van der Waals surface area contributed by atoms with E-state index >= 15 is 0 Å². The molecule has 20 heavy (non-hydrogen) atoms. The minimum absolute atomic E-state index is 0.0462. The second-order valence-electron chi connectivity index (χ2n) is 5.76. The smallest absolute Gasteiger partial charge is 0.134 e. The van der Waals surface area contributed by atoms with Gasteiger partial charge in [0.25, 0.3) is 0 Å². The molecule has 0 saturated carbocycles. The molecule has 0 amide bonds. The maximum Gasteiger partial charge on any atom is 0.134 e. The van der Waals surface area contributed by atoms with Crippen molar-refractivity contribution in [2.75, 3.05) is 13.7 Å². The topological polar surface area (TPSA) is 44.5 Å². The first-order chi connectivity index (χ1) is 9.53. The second kappa shape index (κ2) is 4.79. The van der Waals surface area contributed by atoms with E-state index in [1.54, 1.807) is 18.4 Å². The van der Waals surface area contributed by atoms with Gasteiger partial charge in [0, 0.05) is 11.0 Å². The largest absolute Gasteiger partial charge is 0.496 e. The molecule has 0 bridgehead atoms. The van der Waals surface area contributed by atoms with E-state index in [0.29, 0.717) is 0 Å². The zero-order valence-electron chi connectivity index (χ0n) is 12.0. The Morgan fingerprint density at radius 2 is 2.15 bits per heavy atom. The molecular weight excluding hydrogens is 270 g/mol. The summed E-state index contributed by atoms with van der Waals surface area (Å²) >= 11 is 1.63. The SMILES string of the molecule is COc1ccsc1C(N)c1ccc2c(c1)C(C)(C)CO2. The first-order valence-electron chi connectivity index (χ1n) is 6.67. The Morgan fingerprint density at radius 1 is 1.35 bits per heavy atom. The average molecular weight is 289 g/mol. The highest BCUT2D eigenvalue weighted by atomic mass is 32.1. The molecule has 1 unspecified atom stereocenters. The Kier molecular flexibility index (Phi) is 3.22. The van der Waals surface area contributed by atoms with Gasteiger partial charge in [-0.25, -0.2) is 0 Å². The van der Waals surface area contributed by atoms with E-state index in [4.69, 9.17) is 15.2 Å². The fraction of sp³-hybridized carbons (Fsp3) is 0.375. The Labute approximate surface area is 123 Å². The summed E-state index contributed by atoms with van der Waals surface area (Å²) in [5, 5.41) is 2.01. The lowest BCUT2D eigenvalue weighted by atomic mass is 9.85. The van der Waals surface area contributed by atoms with Crippen molar-refractivity contribution in [1.82, 2.24) is 0 Å². The van der Waals surface area contributed by atoms with Crippen LogP contribution in [-0.2, 0) is 5.41 Å². The van der Waals surface area contributed by atoms with Gasteiger partial charge in [-0.15, -0.1) is 11.3 Å². The van der Waals surface area contributed by atoms with Crippen molar-refractivity contribution in [3.8, 4) is 11.5 Å². The maximum absolute atomic E-state index is 6.41. The van der Waals surface area contributed by atoms with Crippen LogP contribution in [0.1, 0.15) is 35.9 Å². The quantitative estimate of drug-likeness (QED) is 0.941. The highest BCUT2D eigenvalue weighted by Crippen LogP contribution is 2.41. The van der Waals surface area contributed by atoms with Crippen molar-refractivity contribution >= 4 is 11.3 Å². The second-order valence-corrected chi connectivity index (χ2v) is 6.71. The van der Waals surface area contributed by atoms with E-state index in [2.05, 4.69) is 19.9 Å². The molecule has 2 N–H and O–H groups in total. The monoisotopic (exact) mass is 289 g/mol. The predicted octanol–water partition coefficient (Wildman–Crippen LogP) is 3.47. The van der Waals surface area contributed by atoms with E-state index < -0.39 is 0 Å². The van der Waals surface area contributed by atoms with Crippen LogP contribution >= 0.6 is 11.3 Å². The molecule has 1 aliphatic rings. The van der Waals surface area contributed by atoms with Gasteiger partial charge in [0.15, 0.2) is 0 Å². The van der Waals surface area contributed by atoms with Crippen LogP contribution in [0.2, 0.25) is 0 Å². The van der Waals surface area contributed by atoms with Crippen molar-refractivity contribution < 1.29 is 9.47 Å². The molecule has 3 rings (SSSR count). The Morgan fingerprint density at radius 3 is 2.90 bits per heavy atom. The molecule has 0 aliphatic carbocycles. The number of methoxy groups -OCH3 is 1. The van der Waals surface area contributed by atoms with Gasteiger partial charge in [-0.2, -0.15) is 0 Å². The maximum atomic E-state index is 6.41. The van der Waals surface area contributed by atoms with Gasteiger partial charge < -0.3 is 15.2 Å². The molecule has 2 aromatic rings. The summed E-state index contributed by atoms with van der Waals surface area (Å²) in [4.78, 5) is 1.06. The highest BCUT2D eigenvalue weighted by Gasteiger charge is 2.32. The van der Waals surface area contributed by atoms with E-state index in [-0.39, 0.29) is 11.5 Å². The number of nitrogens with two attached hydrogens (primary N) is 1. The molecule has 1 aromatic heterocycles. The molecule has 1 aliphatic heterocycles. The number of fused-ring (bicyclic) bond motifs is 1. The van der Waals surface area contributed by atoms with E-state index in [1.807, 2.05) is 23.6 Å². The van der Waals surface area contributed by atoms with Gasteiger partial charge in [-0.3, -0.25) is 0 Å². The van der Waals surface area contributed by atoms with Gasteiger partial charge >= 0.3 is 0 Å². The van der Waals surface area contributed by atoms with Crippen molar-refractivity contribution in [2.45, 2.75) is 25.3 Å². The Balaban J connectivity index is 2.00. The molecule has 3 nitrogen and oxygen atoms in total. The lowest BCUT2D eigenvalue weighted by molar-refractivity contribution is 0.291. The van der Waals surface area contributed by atoms with Gasteiger partial charge in [-0.1, -0.05) is 19.9 Å². The first-order valence-corrected chi connectivity index (χ1v) is 7.55. The standard InChI is InChI=1S/C16H19NO2S/c1-16(2)9-19-12-5-4-10(8-11(12)16)14(17)15-13(18-3)6-7-20-15/h4-8,14H,9,17H2,1-3H3. The first kappa shape index (κ1) is 13.5. The fourth-order valence-electron chi connectivity index (χ4n) is 2.59. The van der Waals surface area contributed by atoms with Gasteiger partial charge in [0.2, 0.25) is 0 Å². The van der Waals surface area contributed by atoms with Crippen molar-refractivity contribution in [3.05, 3.63) is 45.6 Å². The summed E-state index contributed by atoms with van der Waals surface area (Å²) in [6, 6.07) is 8.04. The lowest BCUT2D eigenvalue weighted by Gasteiger charge is -2.18. The summed E-state index contributed by atoms with van der Waals surface area (Å²) < 4.78 is 11.1. The molecule has 4 heteroatoms. The average Bonchev–Trinajstić information content (AvgIpc) is 3.03. The molecule has 0 radical (unpaired) electrons. The van der Waals surface area contributed by atoms with Crippen LogP contribution in [0.25, 0.3) is 0 Å². The minimum Gasteiger partial charge on any atom is -0.496 e. The van der Waals surface area contributed by atoms with Crippen LogP contribution in [0.5, 0.6) is 11.5 Å². The van der Waals surface area contributed by atoms with Gasteiger partial charge in [0.1, 0.15) is 11.5 Å². The molecule has 0 saturated heterocycles. The van der Waals surface area contributed by atoms with Crippen molar-refractivity contribution in [1.29, 1.82) is 0 Å². The zero-order valence-corrected chi connectivity index (χ0v) is 12.8. The third-order valence-corrected chi connectivity index (χ3v) is 4.82. The highest BCUT2D eigenvalue weighted by molar-refractivity contribution is 7.10. The lowest BCUT2D eigenvalue weighted by Crippen LogP contribution is -2.19. The van der Waals surface area contributed by atoms with Crippen molar-refractivity contribution in [2.24, 2.45) is 5.73 Å². The number of rotatable bonds is 3. The summed E-state index contributed by atoms with van der Waals surface area (Å²) in [5.41, 5.74) is 8.79. The molecular formula is C16H19NO2S. The molecule has 0 fully saturated rings. The zero-order chi connectivity index (χ0) is 14.3. The molecule has 0 spiro atoms. The van der Waals surface area contributed by atoms with E-state index in [1.165, 1.54) is 5.56 Å². The van der Waals surface area contributed by atoms with Gasteiger partial charge in [0.05, 0.1) is 24.6 Å². The number of benzene rings is 1. The minimum atomic E-state index is -0.161. The summed E-state index contributed by atoms with van der Waals surface area (Å²) in [6.45, 7) is 5.11. The molecule has 2 heterocycles. The van der Waals surface area contributed by atoms with Crippen LogP contribution in [-0.4, -0.2) is 13.7 Å². The molecule has 1 atom stereocenters. The molecule has 106 valence electrons. The van der Waals surface area contributed by atoms with Gasteiger partial charge in [-0.05, 0) is 29.1 Å². The summed E-state index contributed by atoms with van der Waals surface area (Å²) in [7, 11) is 1.68. The van der Waals surface area contributed by atoms with Crippen LogP contribution < -0.4 is 15.2 Å². The third kappa shape index (κ3) is 2.09. The fourth-order valence-corrected chi connectivity index (χ4v) is 3.48. The van der Waals surface area contributed by atoms with Crippen LogP contribution in [0, 0.1) is 0 Å². The number of ether oxygens (including phenoxy) is 2. The number of hydrogen-bond donors (Lipinski definition) is 1. The Hall–Kier alpha value is -1.52. The third-order valence-electron chi connectivity index (χ3n) is 3.84. The number of thiophene rings is 1. The Bertz CT molecular complexity index is 633. The van der Waals surface area contributed by atoms with Crippen LogP contribution in [0.3, 0.4) is 0 Å². The summed E-state index contributed by atoms with van der Waals surface area (Å²) in [6.07, 6.45) is 0.